The van der Waals surface area contributed by atoms with Crippen molar-refractivity contribution in [3.8, 4) is 16.9 Å². The highest BCUT2D eigenvalue weighted by atomic mass is 16.5. The normalized spacial score (nSPS) is 22.8. The lowest BCUT2D eigenvalue weighted by Gasteiger charge is -2.36. The largest absolute Gasteiger partial charge is 0.493 e. The summed E-state index contributed by atoms with van der Waals surface area (Å²) >= 11 is 0. The number of aryl methyl sites for hydroxylation is 1. The molecule has 1 unspecified atom stereocenters. The molecule has 2 aromatic carbocycles. The van der Waals surface area contributed by atoms with Gasteiger partial charge in [-0.2, -0.15) is 0 Å². The highest BCUT2D eigenvalue weighted by Crippen LogP contribution is 2.41. The summed E-state index contributed by atoms with van der Waals surface area (Å²) in [6.07, 6.45) is 18.4. The second kappa shape index (κ2) is 11.7. The Bertz CT molecular complexity index is 841. The number of fused-ring (bicyclic) bond motifs is 1. The van der Waals surface area contributed by atoms with Gasteiger partial charge in [0.1, 0.15) is 5.75 Å². The topological polar surface area (TPSA) is 9.23 Å². The lowest BCUT2D eigenvalue weighted by Crippen LogP contribution is -2.26. The van der Waals surface area contributed by atoms with Gasteiger partial charge in [0.05, 0.1) is 6.61 Å². The van der Waals surface area contributed by atoms with Crippen molar-refractivity contribution in [3.63, 3.8) is 0 Å². The van der Waals surface area contributed by atoms with E-state index >= 15 is 0 Å². The molecule has 4 rings (SSSR count). The number of unbranched alkanes of at least 4 members (excludes halogenated alkanes) is 2. The van der Waals surface area contributed by atoms with E-state index in [0.717, 1.165) is 29.9 Å². The van der Waals surface area contributed by atoms with Crippen LogP contribution in [0.25, 0.3) is 11.1 Å². The maximum atomic E-state index is 5.76. The Kier molecular flexibility index (Phi) is 8.49. The minimum absolute atomic E-state index is 0.698. The molecule has 0 N–H and O–H groups in total. The Labute approximate surface area is 196 Å². The first kappa shape index (κ1) is 23.1. The van der Waals surface area contributed by atoms with Crippen LogP contribution < -0.4 is 4.74 Å². The molecule has 0 spiro atoms. The van der Waals surface area contributed by atoms with E-state index in [1.54, 1.807) is 11.1 Å². The third-order valence-electron chi connectivity index (χ3n) is 8.03. The van der Waals surface area contributed by atoms with Crippen LogP contribution in [0.2, 0.25) is 0 Å². The molecule has 2 aliphatic rings. The molecular weight excluding hydrogens is 388 g/mol. The third kappa shape index (κ3) is 6.06. The maximum absolute atomic E-state index is 5.76. The quantitative estimate of drug-likeness (QED) is 0.270. The van der Waals surface area contributed by atoms with Crippen LogP contribution >= 0.6 is 0 Å². The van der Waals surface area contributed by atoms with Gasteiger partial charge in [-0.05, 0) is 90.7 Å². The van der Waals surface area contributed by atoms with Gasteiger partial charge in [-0.1, -0.05) is 81.9 Å². The first-order chi connectivity index (χ1) is 15.8. The minimum Gasteiger partial charge on any atom is -0.493 e. The van der Waals surface area contributed by atoms with Crippen molar-refractivity contribution in [3.05, 3.63) is 66.2 Å². The standard InChI is InChI=1S/C31H42O/c1-3-5-7-8-24-9-11-25(12-10-24)27-13-15-30-23-28(14-16-29(30)22-27)26-17-19-31(20-18-26)32-21-6-4-2/h4,14,16-20,23-25,27H,2-3,5-13,15,21-22H2,1H3. The van der Waals surface area contributed by atoms with E-state index in [0.29, 0.717) is 6.61 Å². The Morgan fingerprint density at radius 3 is 2.41 bits per heavy atom. The Balaban J connectivity index is 1.31. The molecule has 2 aromatic rings. The summed E-state index contributed by atoms with van der Waals surface area (Å²) in [5.41, 5.74) is 5.82. The predicted molar refractivity (Wildman–Crippen MR) is 137 cm³/mol. The fourth-order valence-corrected chi connectivity index (χ4v) is 6.00. The van der Waals surface area contributed by atoms with Gasteiger partial charge in [-0.15, -0.1) is 6.58 Å². The highest BCUT2D eigenvalue weighted by molar-refractivity contribution is 5.66. The second-order valence-electron chi connectivity index (χ2n) is 10.2. The van der Waals surface area contributed by atoms with Crippen molar-refractivity contribution in [1.29, 1.82) is 0 Å². The molecule has 172 valence electrons. The zero-order chi connectivity index (χ0) is 22.2. The lowest BCUT2D eigenvalue weighted by molar-refractivity contribution is 0.183. The van der Waals surface area contributed by atoms with Gasteiger partial charge < -0.3 is 4.74 Å². The van der Waals surface area contributed by atoms with E-state index in [2.05, 4.69) is 56.0 Å². The first-order valence-electron chi connectivity index (χ1n) is 13.2. The van der Waals surface area contributed by atoms with Gasteiger partial charge in [0.2, 0.25) is 0 Å². The summed E-state index contributed by atoms with van der Waals surface area (Å²) in [6.45, 7) is 6.76. The van der Waals surface area contributed by atoms with Crippen LogP contribution in [0.3, 0.4) is 0 Å². The van der Waals surface area contributed by atoms with Crippen LogP contribution in [0, 0.1) is 17.8 Å². The van der Waals surface area contributed by atoms with E-state index < -0.39 is 0 Å². The lowest BCUT2D eigenvalue weighted by atomic mass is 9.69. The third-order valence-corrected chi connectivity index (χ3v) is 8.03. The summed E-state index contributed by atoms with van der Waals surface area (Å²) in [5.74, 6) is 3.85. The van der Waals surface area contributed by atoms with Crippen LogP contribution in [0.1, 0.15) is 82.3 Å². The van der Waals surface area contributed by atoms with Crippen LogP contribution in [-0.2, 0) is 12.8 Å². The molecule has 2 aliphatic carbocycles. The van der Waals surface area contributed by atoms with Gasteiger partial charge in [0.15, 0.2) is 0 Å². The zero-order valence-electron chi connectivity index (χ0n) is 20.2. The smallest absolute Gasteiger partial charge is 0.119 e. The van der Waals surface area contributed by atoms with E-state index in [1.807, 2.05) is 6.08 Å². The van der Waals surface area contributed by atoms with Gasteiger partial charge in [-0.3, -0.25) is 0 Å². The summed E-state index contributed by atoms with van der Waals surface area (Å²) in [6, 6.07) is 15.8. The van der Waals surface area contributed by atoms with Gasteiger partial charge in [0, 0.05) is 0 Å². The number of ether oxygens (including phenoxy) is 1. The highest BCUT2D eigenvalue weighted by Gasteiger charge is 2.30. The van der Waals surface area contributed by atoms with Crippen LogP contribution in [-0.4, -0.2) is 6.61 Å². The number of hydrogen-bond acceptors (Lipinski definition) is 1. The molecule has 0 aromatic heterocycles. The number of hydrogen-bond donors (Lipinski definition) is 0. The fourth-order valence-electron chi connectivity index (χ4n) is 6.00. The first-order valence-corrected chi connectivity index (χ1v) is 13.2. The van der Waals surface area contributed by atoms with Crippen molar-refractivity contribution >= 4 is 0 Å². The van der Waals surface area contributed by atoms with E-state index in [1.165, 1.54) is 81.8 Å². The second-order valence-corrected chi connectivity index (χ2v) is 10.2. The van der Waals surface area contributed by atoms with Crippen molar-refractivity contribution in [1.82, 2.24) is 0 Å². The Morgan fingerprint density at radius 2 is 1.66 bits per heavy atom. The molecule has 0 bridgehead atoms. The summed E-state index contributed by atoms with van der Waals surface area (Å²) in [5, 5.41) is 0. The van der Waals surface area contributed by atoms with Crippen molar-refractivity contribution in [2.45, 2.75) is 84.0 Å². The van der Waals surface area contributed by atoms with Gasteiger partial charge >= 0.3 is 0 Å². The molecule has 1 saturated carbocycles. The molecule has 0 radical (unpaired) electrons. The average molecular weight is 431 g/mol. The van der Waals surface area contributed by atoms with Crippen molar-refractivity contribution in [2.24, 2.45) is 17.8 Å². The van der Waals surface area contributed by atoms with Crippen LogP contribution in [0.5, 0.6) is 5.75 Å². The minimum atomic E-state index is 0.698. The molecule has 32 heavy (non-hydrogen) atoms. The molecule has 0 aliphatic heterocycles. The van der Waals surface area contributed by atoms with E-state index in [9.17, 15) is 0 Å². The molecule has 0 amide bonds. The summed E-state index contributed by atoms with van der Waals surface area (Å²) in [4.78, 5) is 0. The number of benzene rings is 2. The summed E-state index contributed by atoms with van der Waals surface area (Å²) < 4.78 is 5.76. The van der Waals surface area contributed by atoms with Crippen molar-refractivity contribution in [2.75, 3.05) is 6.61 Å². The molecule has 0 saturated heterocycles. The maximum Gasteiger partial charge on any atom is 0.119 e. The van der Waals surface area contributed by atoms with Gasteiger partial charge in [-0.25, -0.2) is 0 Å². The Morgan fingerprint density at radius 1 is 0.875 bits per heavy atom. The number of rotatable bonds is 10. The molecule has 1 atom stereocenters. The molecule has 1 heteroatoms. The zero-order valence-corrected chi connectivity index (χ0v) is 20.2. The molecule has 0 heterocycles. The molecule has 1 nitrogen and oxygen atoms in total. The van der Waals surface area contributed by atoms with Crippen LogP contribution in [0.15, 0.2) is 55.1 Å². The Hall–Kier alpha value is -2.02. The molecule has 1 fully saturated rings. The fraction of sp³-hybridized carbons (Fsp3) is 0.548. The van der Waals surface area contributed by atoms with E-state index in [-0.39, 0.29) is 0 Å². The van der Waals surface area contributed by atoms with Gasteiger partial charge in [0.25, 0.3) is 0 Å². The predicted octanol–water partition coefficient (Wildman–Crippen LogP) is 8.80. The molecular formula is C31H42O. The van der Waals surface area contributed by atoms with E-state index in [4.69, 9.17) is 4.74 Å². The van der Waals surface area contributed by atoms with Crippen molar-refractivity contribution < 1.29 is 4.74 Å². The SMILES string of the molecule is C=CCCOc1ccc(-c2ccc3c(c2)CCC(C2CCC(CCCCC)CC2)C3)cc1. The summed E-state index contributed by atoms with van der Waals surface area (Å²) in [7, 11) is 0. The average Bonchev–Trinajstić information content (AvgIpc) is 2.85. The monoisotopic (exact) mass is 430 g/mol. The van der Waals surface area contributed by atoms with Crippen LogP contribution in [0.4, 0.5) is 0 Å².